The van der Waals surface area contributed by atoms with Gasteiger partial charge in [0.1, 0.15) is 0 Å². The van der Waals surface area contributed by atoms with Crippen molar-refractivity contribution in [1.82, 2.24) is 0 Å². The van der Waals surface area contributed by atoms with Gasteiger partial charge in [-0.2, -0.15) is 0 Å². The Morgan fingerprint density at radius 3 is 2.47 bits per heavy atom. The minimum absolute atomic E-state index is 0.229. The highest BCUT2D eigenvalue weighted by Crippen LogP contribution is 2.29. The minimum atomic E-state index is 0.229. The molecule has 1 saturated carbocycles. The zero-order valence-corrected chi connectivity index (χ0v) is 9.24. The molecule has 15 heavy (non-hydrogen) atoms. The molecule has 82 valence electrons. The van der Waals surface area contributed by atoms with Crippen molar-refractivity contribution in [2.45, 2.75) is 32.2 Å². The first kappa shape index (κ1) is 10.5. The fourth-order valence-electron chi connectivity index (χ4n) is 2.15. The molecule has 1 aliphatic rings. The summed E-state index contributed by atoms with van der Waals surface area (Å²) in [5.74, 6) is 0.885. The molecule has 1 fully saturated rings. The summed E-state index contributed by atoms with van der Waals surface area (Å²) in [5.41, 5.74) is 2.40. The number of aliphatic hydroxyl groups excluding tert-OH is 1. The molecule has 2 N–H and O–H groups in total. The Kier molecular flexibility index (Phi) is 3.27. The molecule has 0 radical (unpaired) electrons. The Morgan fingerprint density at radius 2 is 1.93 bits per heavy atom. The van der Waals surface area contributed by atoms with Crippen LogP contribution in [0, 0.1) is 5.92 Å². The van der Waals surface area contributed by atoms with Gasteiger partial charge in [-0.3, -0.25) is 0 Å². The lowest BCUT2D eigenvalue weighted by atomic mass is 9.82. The largest absolute Gasteiger partial charge is 0.396 e. The van der Waals surface area contributed by atoms with Gasteiger partial charge in [0.25, 0.3) is 0 Å². The van der Waals surface area contributed by atoms with Crippen LogP contribution < -0.4 is 5.32 Å². The number of benzene rings is 1. The predicted octanol–water partition coefficient (Wildman–Crippen LogP) is 2.43. The van der Waals surface area contributed by atoms with Gasteiger partial charge in [-0.15, -0.1) is 0 Å². The van der Waals surface area contributed by atoms with Crippen LogP contribution in [0.4, 0.5) is 5.69 Å². The van der Waals surface area contributed by atoms with Crippen molar-refractivity contribution >= 4 is 5.69 Å². The van der Waals surface area contributed by atoms with E-state index in [1.807, 2.05) is 0 Å². The number of hydrogen-bond acceptors (Lipinski definition) is 2. The van der Waals surface area contributed by atoms with Gasteiger partial charge >= 0.3 is 0 Å². The molecule has 0 aromatic heterocycles. The fourth-order valence-corrected chi connectivity index (χ4v) is 2.15. The lowest BCUT2D eigenvalue weighted by Crippen LogP contribution is -2.33. The Balaban J connectivity index is 1.87. The summed E-state index contributed by atoms with van der Waals surface area (Å²) in [6.07, 6.45) is 3.33. The quantitative estimate of drug-likeness (QED) is 0.791. The van der Waals surface area contributed by atoms with Gasteiger partial charge in [-0.1, -0.05) is 19.1 Å². The summed E-state index contributed by atoms with van der Waals surface area (Å²) in [4.78, 5) is 0. The SMILES string of the molecule is CC1CC(Nc2ccc(CCO)cc2)C1. The fraction of sp³-hybridized carbons (Fsp3) is 0.538. The number of rotatable bonds is 4. The van der Waals surface area contributed by atoms with Crippen LogP contribution in [0.2, 0.25) is 0 Å². The third kappa shape index (κ3) is 2.72. The summed E-state index contributed by atoms with van der Waals surface area (Å²) in [5, 5.41) is 12.3. The number of aliphatic hydroxyl groups is 1. The Hall–Kier alpha value is -1.02. The van der Waals surface area contributed by atoms with Gasteiger partial charge in [0.15, 0.2) is 0 Å². The zero-order valence-electron chi connectivity index (χ0n) is 9.24. The first-order valence-electron chi connectivity index (χ1n) is 5.74. The van der Waals surface area contributed by atoms with Crippen LogP contribution in [-0.2, 0) is 6.42 Å². The summed E-state index contributed by atoms with van der Waals surface area (Å²) in [6, 6.07) is 9.05. The molecule has 2 nitrogen and oxygen atoms in total. The second-order valence-corrected chi connectivity index (χ2v) is 4.59. The van der Waals surface area contributed by atoms with Crippen LogP contribution in [0.25, 0.3) is 0 Å². The molecule has 0 aliphatic heterocycles. The standard InChI is InChI=1S/C13H19NO/c1-10-8-13(9-10)14-12-4-2-11(3-5-12)6-7-15/h2-5,10,13-15H,6-9H2,1H3. The van der Waals surface area contributed by atoms with E-state index in [-0.39, 0.29) is 6.61 Å². The van der Waals surface area contributed by atoms with Crippen LogP contribution in [-0.4, -0.2) is 17.8 Å². The van der Waals surface area contributed by atoms with Crippen molar-refractivity contribution < 1.29 is 5.11 Å². The molecule has 0 heterocycles. The highest BCUT2D eigenvalue weighted by atomic mass is 16.2. The smallest absolute Gasteiger partial charge is 0.0471 e. The molecule has 0 amide bonds. The number of nitrogens with one attached hydrogen (secondary N) is 1. The maximum Gasteiger partial charge on any atom is 0.0471 e. The molecule has 2 rings (SSSR count). The van der Waals surface area contributed by atoms with Gasteiger partial charge in [0.05, 0.1) is 0 Å². The highest BCUT2D eigenvalue weighted by Gasteiger charge is 2.24. The number of anilines is 1. The molecule has 1 aliphatic carbocycles. The van der Waals surface area contributed by atoms with Crippen molar-refractivity contribution in [2.24, 2.45) is 5.92 Å². The highest BCUT2D eigenvalue weighted by molar-refractivity contribution is 5.45. The van der Waals surface area contributed by atoms with E-state index in [4.69, 9.17) is 5.11 Å². The summed E-state index contributed by atoms with van der Waals surface area (Å²) in [6.45, 7) is 2.52. The van der Waals surface area contributed by atoms with E-state index in [2.05, 4.69) is 36.5 Å². The summed E-state index contributed by atoms with van der Waals surface area (Å²) >= 11 is 0. The normalized spacial score (nSPS) is 24.7. The van der Waals surface area contributed by atoms with Crippen LogP contribution >= 0.6 is 0 Å². The molecule has 0 unspecified atom stereocenters. The molecule has 0 spiro atoms. The van der Waals surface area contributed by atoms with E-state index in [1.54, 1.807) is 0 Å². The third-order valence-electron chi connectivity index (χ3n) is 3.10. The van der Waals surface area contributed by atoms with Crippen molar-refractivity contribution in [1.29, 1.82) is 0 Å². The van der Waals surface area contributed by atoms with E-state index in [0.717, 1.165) is 12.3 Å². The van der Waals surface area contributed by atoms with Crippen LogP contribution in [0.1, 0.15) is 25.3 Å². The maximum atomic E-state index is 8.80. The van der Waals surface area contributed by atoms with E-state index in [1.165, 1.54) is 24.1 Å². The van der Waals surface area contributed by atoms with Gasteiger partial charge in [0, 0.05) is 18.3 Å². The Bertz CT molecular complexity index is 301. The Morgan fingerprint density at radius 1 is 1.27 bits per heavy atom. The predicted molar refractivity (Wildman–Crippen MR) is 63.0 cm³/mol. The van der Waals surface area contributed by atoms with Gasteiger partial charge in [-0.05, 0) is 42.9 Å². The third-order valence-corrected chi connectivity index (χ3v) is 3.10. The monoisotopic (exact) mass is 205 g/mol. The Labute approximate surface area is 91.3 Å². The molecule has 1 aromatic carbocycles. The maximum absolute atomic E-state index is 8.80. The van der Waals surface area contributed by atoms with Crippen LogP contribution in [0.3, 0.4) is 0 Å². The van der Waals surface area contributed by atoms with E-state index < -0.39 is 0 Å². The van der Waals surface area contributed by atoms with Crippen molar-refractivity contribution in [2.75, 3.05) is 11.9 Å². The lowest BCUT2D eigenvalue weighted by molar-refractivity contribution is 0.299. The van der Waals surface area contributed by atoms with Crippen molar-refractivity contribution in [3.8, 4) is 0 Å². The first-order chi connectivity index (χ1) is 7.28. The molecule has 0 bridgehead atoms. The molecule has 0 saturated heterocycles. The second kappa shape index (κ2) is 4.67. The lowest BCUT2D eigenvalue weighted by Gasteiger charge is -2.34. The average molecular weight is 205 g/mol. The van der Waals surface area contributed by atoms with Gasteiger partial charge < -0.3 is 10.4 Å². The minimum Gasteiger partial charge on any atom is -0.396 e. The average Bonchev–Trinajstić information content (AvgIpc) is 2.19. The molecular formula is C13H19NO. The summed E-state index contributed by atoms with van der Waals surface area (Å²) in [7, 11) is 0. The van der Waals surface area contributed by atoms with Gasteiger partial charge in [-0.25, -0.2) is 0 Å². The second-order valence-electron chi connectivity index (χ2n) is 4.59. The summed E-state index contributed by atoms with van der Waals surface area (Å²) < 4.78 is 0. The topological polar surface area (TPSA) is 32.3 Å². The number of hydrogen-bond donors (Lipinski definition) is 2. The molecule has 0 atom stereocenters. The molecular weight excluding hydrogens is 186 g/mol. The first-order valence-corrected chi connectivity index (χ1v) is 5.74. The zero-order chi connectivity index (χ0) is 10.7. The van der Waals surface area contributed by atoms with Crippen molar-refractivity contribution in [3.63, 3.8) is 0 Å². The van der Waals surface area contributed by atoms with Crippen LogP contribution in [0.5, 0.6) is 0 Å². The molecule has 1 aromatic rings. The van der Waals surface area contributed by atoms with Gasteiger partial charge in [0.2, 0.25) is 0 Å². The van der Waals surface area contributed by atoms with E-state index >= 15 is 0 Å². The van der Waals surface area contributed by atoms with E-state index in [9.17, 15) is 0 Å². The van der Waals surface area contributed by atoms with E-state index in [0.29, 0.717) is 6.04 Å². The van der Waals surface area contributed by atoms with Crippen molar-refractivity contribution in [3.05, 3.63) is 29.8 Å². The molecule has 2 heteroatoms. The van der Waals surface area contributed by atoms with Crippen LogP contribution in [0.15, 0.2) is 24.3 Å².